The standard InChI is InChI=1S/C12H21N/c1-5-12(3,4)10-7-6-9(2)11(13)8-10/h6-7,11H,5,8,13H2,1-4H3. The van der Waals surface area contributed by atoms with E-state index < -0.39 is 0 Å². The van der Waals surface area contributed by atoms with E-state index in [4.69, 9.17) is 5.73 Å². The van der Waals surface area contributed by atoms with Crippen molar-refractivity contribution in [3.8, 4) is 0 Å². The minimum atomic E-state index is 0.242. The van der Waals surface area contributed by atoms with Crippen LogP contribution in [0.2, 0.25) is 0 Å². The minimum absolute atomic E-state index is 0.242. The van der Waals surface area contributed by atoms with Crippen molar-refractivity contribution in [3.05, 3.63) is 23.3 Å². The SMILES string of the molecule is CCC(C)(C)C1=CC=C(C)C(N)C1. The molecule has 0 heterocycles. The summed E-state index contributed by atoms with van der Waals surface area (Å²) in [7, 11) is 0. The van der Waals surface area contributed by atoms with E-state index in [1.54, 1.807) is 0 Å². The van der Waals surface area contributed by atoms with Crippen LogP contribution in [0.25, 0.3) is 0 Å². The fraction of sp³-hybridized carbons (Fsp3) is 0.667. The summed E-state index contributed by atoms with van der Waals surface area (Å²) < 4.78 is 0. The highest BCUT2D eigenvalue weighted by Gasteiger charge is 2.24. The summed E-state index contributed by atoms with van der Waals surface area (Å²) in [5.74, 6) is 0. The topological polar surface area (TPSA) is 26.0 Å². The molecule has 0 aromatic heterocycles. The van der Waals surface area contributed by atoms with Gasteiger partial charge >= 0.3 is 0 Å². The first-order valence-electron chi connectivity index (χ1n) is 5.11. The lowest BCUT2D eigenvalue weighted by Gasteiger charge is -2.31. The van der Waals surface area contributed by atoms with E-state index in [2.05, 4.69) is 39.8 Å². The van der Waals surface area contributed by atoms with Gasteiger partial charge in [-0.1, -0.05) is 44.1 Å². The van der Waals surface area contributed by atoms with Gasteiger partial charge in [0.1, 0.15) is 0 Å². The fourth-order valence-electron chi connectivity index (χ4n) is 1.55. The Morgan fingerprint density at radius 1 is 1.46 bits per heavy atom. The third-order valence-electron chi connectivity index (χ3n) is 3.33. The number of hydrogen-bond acceptors (Lipinski definition) is 1. The zero-order valence-corrected chi connectivity index (χ0v) is 9.22. The van der Waals surface area contributed by atoms with Crippen molar-refractivity contribution in [1.82, 2.24) is 0 Å². The first kappa shape index (κ1) is 10.5. The maximum Gasteiger partial charge on any atom is 0.0291 e. The third kappa shape index (κ3) is 2.22. The number of allylic oxidation sites excluding steroid dienone is 2. The quantitative estimate of drug-likeness (QED) is 0.692. The van der Waals surface area contributed by atoms with Crippen molar-refractivity contribution in [1.29, 1.82) is 0 Å². The second-order valence-corrected chi connectivity index (χ2v) is 4.65. The molecule has 1 rings (SSSR count). The van der Waals surface area contributed by atoms with Crippen molar-refractivity contribution in [2.24, 2.45) is 11.1 Å². The van der Waals surface area contributed by atoms with Gasteiger partial charge in [0.25, 0.3) is 0 Å². The molecule has 1 aliphatic rings. The maximum absolute atomic E-state index is 6.01. The van der Waals surface area contributed by atoms with Gasteiger partial charge in [-0.05, 0) is 25.2 Å². The summed E-state index contributed by atoms with van der Waals surface area (Å²) in [6.07, 6.45) is 6.63. The Bertz CT molecular complexity index is 246. The van der Waals surface area contributed by atoms with E-state index in [0.29, 0.717) is 5.41 Å². The molecule has 0 amide bonds. The van der Waals surface area contributed by atoms with E-state index in [0.717, 1.165) is 6.42 Å². The van der Waals surface area contributed by atoms with E-state index in [1.807, 2.05) is 0 Å². The monoisotopic (exact) mass is 179 g/mol. The lowest BCUT2D eigenvalue weighted by Crippen LogP contribution is -2.28. The Kier molecular flexibility index (Phi) is 2.97. The highest BCUT2D eigenvalue weighted by molar-refractivity contribution is 5.30. The molecule has 1 unspecified atom stereocenters. The molecule has 1 aliphatic carbocycles. The summed E-state index contributed by atoms with van der Waals surface area (Å²) in [5, 5.41) is 0. The lowest BCUT2D eigenvalue weighted by molar-refractivity contribution is 0.405. The van der Waals surface area contributed by atoms with E-state index in [1.165, 1.54) is 17.6 Å². The van der Waals surface area contributed by atoms with Gasteiger partial charge in [0.05, 0.1) is 0 Å². The van der Waals surface area contributed by atoms with Gasteiger partial charge in [0.2, 0.25) is 0 Å². The molecule has 0 spiro atoms. The Morgan fingerprint density at radius 2 is 2.08 bits per heavy atom. The molecule has 0 fully saturated rings. The van der Waals surface area contributed by atoms with E-state index in [9.17, 15) is 0 Å². The number of rotatable bonds is 2. The highest BCUT2D eigenvalue weighted by atomic mass is 14.6. The predicted molar refractivity (Wildman–Crippen MR) is 58.5 cm³/mol. The molecule has 0 saturated heterocycles. The van der Waals surface area contributed by atoms with Crippen LogP contribution in [0, 0.1) is 5.41 Å². The highest BCUT2D eigenvalue weighted by Crippen LogP contribution is 2.35. The van der Waals surface area contributed by atoms with Crippen LogP contribution >= 0.6 is 0 Å². The second kappa shape index (κ2) is 3.67. The molecule has 0 saturated carbocycles. The van der Waals surface area contributed by atoms with Gasteiger partial charge in [-0.25, -0.2) is 0 Å². The summed E-state index contributed by atoms with van der Waals surface area (Å²) in [6.45, 7) is 8.93. The first-order valence-corrected chi connectivity index (χ1v) is 5.11. The molecule has 0 aromatic rings. The smallest absolute Gasteiger partial charge is 0.0291 e. The van der Waals surface area contributed by atoms with Crippen LogP contribution in [-0.4, -0.2) is 6.04 Å². The zero-order valence-electron chi connectivity index (χ0n) is 9.22. The molecule has 1 nitrogen and oxygen atoms in total. The molecule has 0 bridgehead atoms. The van der Waals surface area contributed by atoms with Crippen LogP contribution in [0.15, 0.2) is 23.3 Å². The zero-order chi connectivity index (χ0) is 10.1. The first-order chi connectivity index (χ1) is 5.97. The second-order valence-electron chi connectivity index (χ2n) is 4.65. The number of hydrogen-bond donors (Lipinski definition) is 1. The van der Waals surface area contributed by atoms with Crippen LogP contribution < -0.4 is 5.73 Å². The Morgan fingerprint density at radius 3 is 2.54 bits per heavy atom. The summed E-state index contributed by atoms with van der Waals surface area (Å²) >= 11 is 0. The molecule has 13 heavy (non-hydrogen) atoms. The molecular weight excluding hydrogens is 158 g/mol. The van der Waals surface area contributed by atoms with Crippen molar-refractivity contribution in [3.63, 3.8) is 0 Å². The fourth-order valence-corrected chi connectivity index (χ4v) is 1.55. The third-order valence-corrected chi connectivity index (χ3v) is 3.33. The predicted octanol–water partition coefficient (Wildman–Crippen LogP) is 3.03. The molecule has 0 aromatic carbocycles. The summed E-state index contributed by atoms with van der Waals surface area (Å²) in [6, 6.07) is 0.242. The molecule has 74 valence electrons. The molecule has 1 heteroatoms. The van der Waals surface area contributed by atoms with Crippen molar-refractivity contribution >= 4 is 0 Å². The maximum atomic E-state index is 6.01. The molecule has 1 atom stereocenters. The molecule has 0 aliphatic heterocycles. The van der Waals surface area contributed by atoms with Crippen molar-refractivity contribution < 1.29 is 0 Å². The Hall–Kier alpha value is -0.560. The number of nitrogens with two attached hydrogens (primary N) is 1. The van der Waals surface area contributed by atoms with Gasteiger partial charge in [0, 0.05) is 6.04 Å². The summed E-state index contributed by atoms with van der Waals surface area (Å²) in [4.78, 5) is 0. The van der Waals surface area contributed by atoms with Crippen LogP contribution in [0.1, 0.15) is 40.5 Å². The molecule has 2 N–H and O–H groups in total. The average Bonchev–Trinajstić information content (AvgIpc) is 2.09. The normalized spacial score (nSPS) is 23.9. The van der Waals surface area contributed by atoms with Gasteiger partial charge < -0.3 is 5.73 Å². The largest absolute Gasteiger partial charge is 0.324 e. The minimum Gasteiger partial charge on any atom is -0.324 e. The van der Waals surface area contributed by atoms with Crippen molar-refractivity contribution in [2.75, 3.05) is 0 Å². The van der Waals surface area contributed by atoms with E-state index >= 15 is 0 Å². The van der Waals surface area contributed by atoms with Crippen LogP contribution in [-0.2, 0) is 0 Å². The van der Waals surface area contributed by atoms with Crippen LogP contribution in [0.3, 0.4) is 0 Å². The van der Waals surface area contributed by atoms with Gasteiger partial charge in [-0.3, -0.25) is 0 Å². The van der Waals surface area contributed by atoms with Gasteiger partial charge in [0.15, 0.2) is 0 Å². The lowest BCUT2D eigenvalue weighted by atomic mass is 9.76. The summed E-state index contributed by atoms with van der Waals surface area (Å²) in [5.41, 5.74) is 9.12. The van der Waals surface area contributed by atoms with Gasteiger partial charge in [-0.2, -0.15) is 0 Å². The van der Waals surface area contributed by atoms with Crippen LogP contribution in [0.5, 0.6) is 0 Å². The van der Waals surface area contributed by atoms with Gasteiger partial charge in [-0.15, -0.1) is 0 Å². The Labute approximate surface area is 81.7 Å². The molecule has 0 radical (unpaired) electrons. The molecular formula is C12H21N. The van der Waals surface area contributed by atoms with E-state index in [-0.39, 0.29) is 6.04 Å². The van der Waals surface area contributed by atoms with Crippen LogP contribution in [0.4, 0.5) is 0 Å². The average molecular weight is 179 g/mol. The Balaban J connectivity index is 2.85. The van der Waals surface area contributed by atoms with Crippen molar-refractivity contribution in [2.45, 2.75) is 46.6 Å².